The molecule has 0 aliphatic carbocycles. The quantitative estimate of drug-likeness (QED) is 0.910. The van der Waals surface area contributed by atoms with Crippen molar-refractivity contribution in [1.82, 2.24) is 0 Å². The molecule has 0 saturated heterocycles. The zero-order valence-corrected chi connectivity index (χ0v) is 11.1. The molecule has 1 atom stereocenters. The van der Waals surface area contributed by atoms with Gasteiger partial charge in [0, 0.05) is 28.8 Å². The Morgan fingerprint density at radius 2 is 2.13 bits per heavy atom. The molecule has 2 nitrogen and oxygen atoms in total. The molecule has 0 saturated carbocycles. The van der Waals surface area contributed by atoms with E-state index in [1.807, 2.05) is 12.1 Å². The third kappa shape index (κ3) is 2.95. The molecule has 1 unspecified atom stereocenters. The van der Waals surface area contributed by atoms with Gasteiger partial charge in [0.15, 0.2) is 0 Å². The molecule has 3 heteroatoms. The summed E-state index contributed by atoms with van der Waals surface area (Å²) in [4.78, 5) is 2.20. The molecule has 84 valence electrons. The highest BCUT2D eigenvalue weighted by Gasteiger charge is 2.11. The van der Waals surface area contributed by atoms with Gasteiger partial charge in [-0.05, 0) is 25.5 Å². The van der Waals surface area contributed by atoms with Gasteiger partial charge in [0.2, 0.25) is 0 Å². The molecule has 1 N–H and O–H groups in total. The van der Waals surface area contributed by atoms with Gasteiger partial charge in [-0.2, -0.15) is 0 Å². The molecule has 0 spiro atoms. The predicted molar refractivity (Wildman–Crippen MR) is 68.2 cm³/mol. The van der Waals surface area contributed by atoms with Crippen molar-refractivity contribution in [1.29, 1.82) is 0 Å². The summed E-state index contributed by atoms with van der Waals surface area (Å²) in [5.41, 5.74) is 2.07. The number of aliphatic hydroxyl groups excluding tert-OH is 1. The summed E-state index contributed by atoms with van der Waals surface area (Å²) in [6.07, 6.45) is 1.09. The lowest BCUT2D eigenvalue weighted by Crippen LogP contribution is -2.28. The van der Waals surface area contributed by atoms with Crippen molar-refractivity contribution in [3.8, 4) is 0 Å². The number of benzene rings is 1. The Balaban J connectivity index is 3.05. The fourth-order valence-electron chi connectivity index (χ4n) is 1.51. The van der Waals surface area contributed by atoms with Crippen LogP contribution in [0.3, 0.4) is 0 Å². The minimum Gasteiger partial charge on any atom is -0.392 e. The van der Waals surface area contributed by atoms with Crippen LogP contribution >= 0.6 is 15.9 Å². The van der Waals surface area contributed by atoms with Gasteiger partial charge in [-0.25, -0.2) is 0 Å². The lowest BCUT2D eigenvalue weighted by atomic mass is 10.1. The molecule has 0 radical (unpaired) electrons. The van der Waals surface area contributed by atoms with Crippen LogP contribution in [0.4, 0.5) is 5.69 Å². The van der Waals surface area contributed by atoms with Gasteiger partial charge >= 0.3 is 0 Å². The summed E-state index contributed by atoms with van der Waals surface area (Å²) >= 11 is 3.46. The zero-order valence-electron chi connectivity index (χ0n) is 9.50. The number of nitrogens with zero attached hydrogens (tertiary/aromatic N) is 1. The molecule has 0 aromatic heterocycles. The first-order valence-electron chi connectivity index (χ1n) is 5.22. The SMILES string of the molecule is CCC(C)N(C)c1cc(Br)ccc1CO. The monoisotopic (exact) mass is 271 g/mol. The van der Waals surface area contributed by atoms with Crippen LogP contribution in [0, 0.1) is 0 Å². The summed E-state index contributed by atoms with van der Waals surface area (Å²) in [5, 5.41) is 9.27. The second-order valence-corrected chi connectivity index (χ2v) is 4.71. The maximum absolute atomic E-state index is 9.27. The van der Waals surface area contributed by atoms with Crippen LogP contribution in [-0.2, 0) is 6.61 Å². The minimum atomic E-state index is 0.0867. The average molecular weight is 272 g/mol. The number of anilines is 1. The predicted octanol–water partition coefficient (Wildman–Crippen LogP) is 3.18. The van der Waals surface area contributed by atoms with E-state index in [1.54, 1.807) is 0 Å². The number of hydrogen-bond acceptors (Lipinski definition) is 2. The van der Waals surface area contributed by atoms with E-state index >= 15 is 0 Å². The van der Waals surface area contributed by atoms with Crippen molar-refractivity contribution in [3.05, 3.63) is 28.2 Å². The average Bonchev–Trinajstić information content (AvgIpc) is 2.27. The highest BCUT2D eigenvalue weighted by molar-refractivity contribution is 9.10. The van der Waals surface area contributed by atoms with Crippen LogP contribution in [0.5, 0.6) is 0 Å². The first-order valence-corrected chi connectivity index (χ1v) is 6.01. The number of rotatable bonds is 4. The number of hydrogen-bond donors (Lipinski definition) is 1. The molecular weight excluding hydrogens is 254 g/mol. The topological polar surface area (TPSA) is 23.5 Å². The van der Waals surface area contributed by atoms with Gasteiger partial charge < -0.3 is 10.0 Å². The molecule has 1 aromatic carbocycles. The summed E-state index contributed by atoms with van der Waals surface area (Å²) in [6, 6.07) is 6.44. The summed E-state index contributed by atoms with van der Waals surface area (Å²) in [5.74, 6) is 0. The van der Waals surface area contributed by atoms with Crippen LogP contribution in [0.1, 0.15) is 25.8 Å². The second-order valence-electron chi connectivity index (χ2n) is 3.80. The third-order valence-corrected chi connectivity index (χ3v) is 3.34. The highest BCUT2D eigenvalue weighted by atomic mass is 79.9. The Hall–Kier alpha value is -0.540. The lowest BCUT2D eigenvalue weighted by Gasteiger charge is -2.28. The van der Waals surface area contributed by atoms with Crippen molar-refractivity contribution >= 4 is 21.6 Å². The Kier molecular flexibility index (Phi) is 4.61. The van der Waals surface area contributed by atoms with Crippen molar-refractivity contribution < 1.29 is 5.11 Å². The van der Waals surface area contributed by atoms with Crippen LogP contribution in [0.25, 0.3) is 0 Å². The van der Waals surface area contributed by atoms with Gasteiger partial charge in [0.05, 0.1) is 6.61 Å². The van der Waals surface area contributed by atoms with E-state index in [4.69, 9.17) is 0 Å². The fourth-order valence-corrected chi connectivity index (χ4v) is 1.86. The van der Waals surface area contributed by atoms with Crippen LogP contribution in [-0.4, -0.2) is 18.2 Å². The fraction of sp³-hybridized carbons (Fsp3) is 0.500. The van der Waals surface area contributed by atoms with Gasteiger partial charge in [-0.1, -0.05) is 28.9 Å². The van der Waals surface area contributed by atoms with Crippen molar-refractivity contribution in [2.24, 2.45) is 0 Å². The largest absolute Gasteiger partial charge is 0.392 e. The molecule has 0 bridgehead atoms. The van der Waals surface area contributed by atoms with E-state index in [-0.39, 0.29) is 6.61 Å². The summed E-state index contributed by atoms with van der Waals surface area (Å²) in [6.45, 7) is 4.43. The first-order chi connectivity index (χ1) is 7.10. The Morgan fingerprint density at radius 1 is 1.47 bits per heavy atom. The van der Waals surface area contributed by atoms with E-state index < -0.39 is 0 Å². The Bertz CT molecular complexity index is 327. The molecule has 0 aliphatic heterocycles. The molecule has 15 heavy (non-hydrogen) atoms. The summed E-state index contributed by atoms with van der Waals surface area (Å²) < 4.78 is 1.05. The van der Waals surface area contributed by atoms with Crippen LogP contribution in [0.2, 0.25) is 0 Å². The normalized spacial score (nSPS) is 12.6. The second kappa shape index (κ2) is 5.52. The van der Waals surface area contributed by atoms with Crippen molar-refractivity contribution in [3.63, 3.8) is 0 Å². The first kappa shape index (κ1) is 12.5. The number of halogens is 1. The van der Waals surface area contributed by atoms with E-state index in [0.29, 0.717) is 6.04 Å². The van der Waals surface area contributed by atoms with Crippen LogP contribution in [0.15, 0.2) is 22.7 Å². The molecular formula is C12H18BrNO. The molecule has 0 heterocycles. The smallest absolute Gasteiger partial charge is 0.0702 e. The Morgan fingerprint density at radius 3 is 2.67 bits per heavy atom. The van der Waals surface area contributed by atoms with E-state index in [2.05, 4.69) is 47.8 Å². The molecule has 1 aromatic rings. The van der Waals surface area contributed by atoms with Crippen LogP contribution < -0.4 is 4.90 Å². The lowest BCUT2D eigenvalue weighted by molar-refractivity contribution is 0.282. The van der Waals surface area contributed by atoms with Crippen molar-refractivity contribution in [2.75, 3.05) is 11.9 Å². The van der Waals surface area contributed by atoms with Gasteiger partial charge in [-0.3, -0.25) is 0 Å². The van der Waals surface area contributed by atoms with E-state index in [0.717, 1.165) is 22.1 Å². The number of aliphatic hydroxyl groups is 1. The minimum absolute atomic E-state index is 0.0867. The van der Waals surface area contributed by atoms with Gasteiger partial charge in [0.25, 0.3) is 0 Å². The molecule has 0 fully saturated rings. The van der Waals surface area contributed by atoms with E-state index in [9.17, 15) is 5.11 Å². The standard InChI is InChI=1S/C12H18BrNO/c1-4-9(2)14(3)12-7-11(13)6-5-10(12)8-15/h5-7,9,15H,4,8H2,1-3H3. The van der Waals surface area contributed by atoms with Gasteiger partial charge in [0.1, 0.15) is 0 Å². The molecule has 1 rings (SSSR count). The van der Waals surface area contributed by atoms with Gasteiger partial charge in [-0.15, -0.1) is 0 Å². The third-order valence-electron chi connectivity index (χ3n) is 2.85. The summed E-state index contributed by atoms with van der Waals surface area (Å²) in [7, 11) is 2.06. The zero-order chi connectivity index (χ0) is 11.4. The highest BCUT2D eigenvalue weighted by Crippen LogP contribution is 2.26. The molecule has 0 aliphatic rings. The van der Waals surface area contributed by atoms with E-state index in [1.165, 1.54) is 0 Å². The molecule has 0 amide bonds. The van der Waals surface area contributed by atoms with Crippen molar-refractivity contribution in [2.45, 2.75) is 32.9 Å². The maximum atomic E-state index is 9.27. The maximum Gasteiger partial charge on any atom is 0.0702 e. The Labute approximate surface area is 100 Å².